The molecule has 1 aliphatic heterocycles. The van der Waals surface area contributed by atoms with E-state index in [1.165, 1.54) is 11.0 Å². The minimum absolute atomic E-state index is 0.227. The van der Waals surface area contributed by atoms with Crippen molar-refractivity contribution in [2.24, 2.45) is 0 Å². The van der Waals surface area contributed by atoms with Crippen LogP contribution in [0.2, 0.25) is 0 Å². The number of aryl methyl sites for hydroxylation is 1. The van der Waals surface area contributed by atoms with Crippen molar-refractivity contribution in [2.75, 3.05) is 4.90 Å². The Morgan fingerprint density at radius 1 is 1.07 bits per heavy atom. The SMILES string of the molecule is CC1=CC(=O)N(c2ccccc2C)C1=O. The van der Waals surface area contributed by atoms with E-state index in [1.54, 1.807) is 13.0 Å². The predicted octanol–water partition coefficient (Wildman–Crippen LogP) is 1.81. The normalized spacial score (nSPS) is 15.9. The molecule has 2 amide bonds. The molecule has 0 unspecified atom stereocenters. The van der Waals surface area contributed by atoms with Gasteiger partial charge in [-0.15, -0.1) is 0 Å². The smallest absolute Gasteiger partial charge is 0.261 e. The van der Waals surface area contributed by atoms with Gasteiger partial charge < -0.3 is 0 Å². The molecule has 0 atom stereocenters. The van der Waals surface area contributed by atoms with Gasteiger partial charge in [-0.3, -0.25) is 9.59 Å². The molecule has 1 heterocycles. The molecule has 3 heteroatoms. The van der Waals surface area contributed by atoms with Crippen molar-refractivity contribution in [3.8, 4) is 0 Å². The second-order valence-electron chi connectivity index (χ2n) is 3.59. The van der Waals surface area contributed by atoms with E-state index in [9.17, 15) is 9.59 Å². The number of rotatable bonds is 1. The topological polar surface area (TPSA) is 37.4 Å². The van der Waals surface area contributed by atoms with Crippen LogP contribution in [0.1, 0.15) is 12.5 Å². The number of anilines is 1. The maximum atomic E-state index is 11.7. The Bertz CT molecular complexity index is 474. The Labute approximate surface area is 88.0 Å². The molecule has 0 spiro atoms. The maximum Gasteiger partial charge on any atom is 0.261 e. The van der Waals surface area contributed by atoms with Gasteiger partial charge in [-0.05, 0) is 25.5 Å². The van der Waals surface area contributed by atoms with Crippen LogP contribution in [0.5, 0.6) is 0 Å². The molecule has 15 heavy (non-hydrogen) atoms. The van der Waals surface area contributed by atoms with Crippen molar-refractivity contribution in [3.05, 3.63) is 41.5 Å². The van der Waals surface area contributed by atoms with E-state index in [4.69, 9.17) is 0 Å². The molecule has 0 N–H and O–H groups in total. The Morgan fingerprint density at radius 3 is 2.27 bits per heavy atom. The molecule has 0 bridgehead atoms. The fraction of sp³-hybridized carbons (Fsp3) is 0.167. The third-order valence-corrected chi connectivity index (χ3v) is 2.46. The molecule has 3 nitrogen and oxygen atoms in total. The van der Waals surface area contributed by atoms with Crippen LogP contribution in [0, 0.1) is 6.92 Å². The van der Waals surface area contributed by atoms with Gasteiger partial charge in [0.15, 0.2) is 0 Å². The van der Waals surface area contributed by atoms with E-state index in [0.717, 1.165) is 5.56 Å². The lowest BCUT2D eigenvalue weighted by Gasteiger charge is -2.16. The average molecular weight is 201 g/mol. The van der Waals surface area contributed by atoms with Crippen LogP contribution in [0.4, 0.5) is 5.69 Å². The van der Waals surface area contributed by atoms with Gasteiger partial charge in [-0.25, -0.2) is 4.90 Å². The highest BCUT2D eigenvalue weighted by Gasteiger charge is 2.30. The summed E-state index contributed by atoms with van der Waals surface area (Å²) in [5.41, 5.74) is 2.08. The van der Waals surface area contributed by atoms with Gasteiger partial charge in [0.25, 0.3) is 11.8 Å². The minimum Gasteiger partial charge on any atom is -0.269 e. The number of amides is 2. The summed E-state index contributed by atoms with van der Waals surface area (Å²) in [5.74, 6) is -0.485. The standard InChI is InChI=1S/C12H11NO2/c1-8-5-3-4-6-10(8)13-11(14)7-9(2)12(13)15/h3-7H,1-2H3. The highest BCUT2D eigenvalue weighted by atomic mass is 16.2. The Hall–Kier alpha value is -1.90. The third kappa shape index (κ3) is 1.46. The van der Waals surface area contributed by atoms with Crippen LogP contribution in [0.3, 0.4) is 0 Å². The summed E-state index contributed by atoms with van der Waals surface area (Å²) >= 11 is 0. The summed E-state index contributed by atoms with van der Waals surface area (Å²) in [5, 5.41) is 0. The molecule has 0 aromatic heterocycles. The zero-order valence-corrected chi connectivity index (χ0v) is 8.65. The summed E-state index contributed by atoms with van der Waals surface area (Å²) in [6.07, 6.45) is 1.37. The molecule has 1 aromatic rings. The van der Waals surface area contributed by atoms with E-state index < -0.39 is 0 Å². The lowest BCUT2D eigenvalue weighted by Crippen LogP contribution is -2.31. The number of para-hydroxylation sites is 1. The van der Waals surface area contributed by atoms with Gasteiger partial charge in [-0.2, -0.15) is 0 Å². The predicted molar refractivity (Wildman–Crippen MR) is 57.4 cm³/mol. The van der Waals surface area contributed by atoms with Crippen LogP contribution >= 0.6 is 0 Å². The monoisotopic (exact) mass is 201 g/mol. The number of nitrogens with zero attached hydrogens (tertiary/aromatic N) is 1. The van der Waals surface area contributed by atoms with Gasteiger partial charge in [0.1, 0.15) is 0 Å². The summed E-state index contributed by atoms with van der Waals surface area (Å²) in [6, 6.07) is 7.35. The minimum atomic E-state index is -0.258. The molecule has 0 saturated heterocycles. The fourth-order valence-electron chi connectivity index (χ4n) is 1.63. The Balaban J connectivity index is 2.47. The van der Waals surface area contributed by atoms with Crippen LogP contribution in [0.25, 0.3) is 0 Å². The van der Waals surface area contributed by atoms with E-state index in [1.807, 2.05) is 25.1 Å². The van der Waals surface area contributed by atoms with Crippen LogP contribution in [-0.2, 0) is 9.59 Å². The van der Waals surface area contributed by atoms with Crippen molar-refractivity contribution in [3.63, 3.8) is 0 Å². The number of hydrogen-bond acceptors (Lipinski definition) is 2. The zero-order valence-electron chi connectivity index (χ0n) is 8.65. The van der Waals surface area contributed by atoms with Crippen LogP contribution in [-0.4, -0.2) is 11.8 Å². The summed E-state index contributed by atoms with van der Waals surface area (Å²) in [7, 11) is 0. The summed E-state index contributed by atoms with van der Waals surface area (Å²) < 4.78 is 0. The molecular formula is C12H11NO2. The van der Waals surface area contributed by atoms with Crippen LogP contribution in [0.15, 0.2) is 35.9 Å². The molecule has 76 valence electrons. The lowest BCUT2D eigenvalue weighted by molar-refractivity contribution is -0.120. The van der Waals surface area contributed by atoms with Crippen molar-refractivity contribution < 1.29 is 9.59 Å². The van der Waals surface area contributed by atoms with E-state index in [-0.39, 0.29) is 11.8 Å². The molecule has 0 fully saturated rings. The number of carbonyl (C=O) groups excluding carboxylic acids is 2. The first kappa shape index (κ1) is 9.65. The number of benzene rings is 1. The van der Waals surface area contributed by atoms with Crippen molar-refractivity contribution in [1.82, 2.24) is 0 Å². The average Bonchev–Trinajstić information content (AvgIpc) is 2.43. The molecule has 0 saturated carbocycles. The van der Waals surface area contributed by atoms with E-state index in [0.29, 0.717) is 11.3 Å². The first-order valence-corrected chi connectivity index (χ1v) is 4.73. The van der Waals surface area contributed by atoms with E-state index >= 15 is 0 Å². The molecule has 0 aliphatic carbocycles. The Morgan fingerprint density at radius 2 is 1.73 bits per heavy atom. The second kappa shape index (κ2) is 3.35. The molecule has 1 aromatic carbocycles. The molecule has 2 rings (SSSR count). The van der Waals surface area contributed by atoms with Gasteiger partial charge in [0.2, 0.25) is 0 Å². The Kier molecular flexibility index (Phi) is 2.15. The molecule has 0 radical (unpaired) electrons. The summed E-state index contributed by atoms with van der Waals surface area (Å²) in [4.78, 5) is 24.5. The highest BCUT2D eigenvalue weighted by molar-refractivity contribution is 6.30. The maximum absolute atomic E-state index is 11.7. The van der Waals surface area contributed by atoms with Crippen LogP contribution < -0.4 is 4.90 Å². The zero-order chi connectivity index (χ0) is 11.0. The first-order valence-electron chi connectivity index (χ1n) is 4.73. The van der Waals surface area contributed by atoms with Crippen molar-refractivity contribution in [1.29, 1.82) is 0 Å². The van der Waals surface area contributed by atoms with Crippen molar-refractivity contribution in [2.45, 2.75) is 13.8 Å². The van der Waals surface area contributed by atoms with Gasteiger partial charge in [0.05, 0.1) is 5.69 Å². The lowest BCUT2D eigenvalue weighted by atomic mass is 10.2. The number of imide groups is 1. The van der Waals surface area contributed by atoms with Gasteiger partial charge in [0, 0.05) is 11.6 Å². The van der Waals surface area contributed by atoms with Gasteiger partial charge >= 0.3 is 0 Å². The van der Waals surface area contributed by atoms with E-state index in [2.05, 4.69) is 0 Å². The number of hydrogen-bond donors (Lipinski definition) is 0. The molecular weight excluding hydrogens is 190 g/mol. The second-order valence-corrected chi connectivity index (χ2v) is 3.59. The van der Waals surface area contributed by atoms with Gasteiger partial charge in [-0.1, -0.05) is 18.2 Å². The quantitative estimate of drug-likeness (QED) is 0.650. The summed E-state index contributed by atoms with van der Waals surface area (Å²) in [6.45, 7) is 3.53. The highest BCUT2D eigenvalue weighted by Crippen LogP contribution is 2.25. The van der Waals surface area contributed by atoms with Crippen molar-refractivity contribution >= 4 is 17.5 Å². The molecule has 1 aliphatic rings. The first-order chi connectivity index (χ1) is 7.11. The fourth-order valence-corrected chi connectivity index (χ4v) is 1.63. The number of carbonyl (C=O) groups is 2. The third-order valence-electron chi connectivity index (χ3n) is 2.46. The largest absolute Gasteiger partial charge is 0.269 e.